The van der Waals surface area contributed by atoms with Crippen molar-refractivity contribution in [1.29, 1.82) is 0 Å². The molecule has 106 valence electrons. The van der Waals surface area contributed by atoms with Gasteiger partial charge in [-0.25, -0.2) is 9.69 Å². The number of urea groups is 1. The lowest BCUT2D eigenvalue weighted by Gasteiger charge is -2.17. The lowest BCUT2D eigenvalue weighted by atomic mass is 9.99. The number of hydroxylamine groups is 2. The summed E-state index contributed by atoms with van der Waals surface area (Å²) in [7, 11) is 1.18. The summed E-state index contributed by atoms with van der Waals surface area (Å²) < 4.78 is 0. The topological polar surface area (TPSA) is 66.9 Å². The van der Waals surface area contributed by atoms with Gasteiger partial charge in [0.05, 0.1) is 13.7 Å². The zero-order chi connectivity index (χ0) is 15.0. The average Bonchev–Trinajstić information content (AvgIpc) is 2.56. The molecule has 0 saturated carbocycles. The normalized spacial score (nSPS) is 15.5. The van der Waals surface area contributed by atoms with Crippen LogP contribution in [0, 0.1) is 20.8 Å². The van der Waals surface area contributed by atoms with E-state index in [0.717, 1.165) is 27.2 Å². The van der Waals surface area contributed by atoms with Crippen LogP contribution in [0.3, 0.4) is 0 Å². The van der Waals surface area contributed by atoms with E-state index in [4.69, 9.17) is 0 Å². The number of carbonyl (C=O) groups is 3. The number of amides is 4. The van der Waals surface area contributed by atoms with Crippen LogP contribution in [0.5, 0.6) is 0 Å². The number of rotatable bonds is 3. The maximum absolute atomic E-state index is 11.9. The van der Waals surface area contributed by atoms with Crippen LogP contribution in [-0.2, 0) is 21.0 Å². The molecule has 1 saturated heterocycles. The van der Waals surface area contributed by atoms with Gasteiger partial charge in [-0.15, -0.1) is 5.06 Å². The van der Waals surface area contributed by atoms with E-state index in [2.05, 4.69) is 4.84 Å². The summed E-state index contributed by atoms with van der Waals surface area (Å²) in [4.78, 5) is 40.8. The van der Waals surface area contributed by atoms with Crippen molar-refractivity contribution in [2.24, 2.45) is 0 Å². The minimum atomic E-state index is -0.958. The molecule has 6 heteroatoms. The van der Waals surface area contributed by atoms with Crippen molar-refractivity contribution in [2.75, 3.05) is 7.11 Å². The third kappa shape index (κ3) is 2.18. The quantitative estimate of drug-likeness (QED) is 0.619. The molecule has 1 aliphatic rings. The molecule has 20 heavy (non-hydrogen) atoms. The Morgan fingerprint density at radius 2 is 1.55 bits per heavy atom. The highest BCUT2D eigenvalue weighted by molar-refractivity contribution is 6.44. The molecule has 0 unspecified atom stereocenters. The molecule has 0 spiro atoms. The summed E-state index contributed by atoms with van der Waals surface area (Å²) in [6, 6.07) is 3.20. The van der Waals surface area contributed by atoms with Crippen molar-refractivity contribution < 1.29 is 19.2 Å². The summed E-state index contributed by atoms with van der Waals surface area (Å²) in [5, 5.41) is 0.473. The van der Waals surface area contributed by atoms with Gasteiger partial charge in [-0.2, -0.15) is 0 Å². The van der Waals surface area contributed by atoms with Gasteiger partial charge in [0.25, 0.3) is 0 Å². The number of carbonyl (C=O) groups excluding carboxylic acids is 3. The molecule has 1 aromatic rings. The van der Waals surface area contributed by atoms with E-state index in [1.807, 2.05) is 32.9 Å². The molecule has 1 fully saturated rings. The van der Waals surface area contributed by atoms with E-state index in [1.54, 1.807) is 0 Å². The Labute approximate surface area is 116 Å². The minimum Gasteiger partial charge on any atom is -0.265 e. The van der Waals surface area contributed by atoms with Crippen LogP contribution >= 0.6 is 0 Å². The Hall–Kier alpha value is -2.21. The van der Waals surface area contributed by atoms with E-state index in [0.29, 0.717) is 5.06 Å². The zero-order valence-corrected chi connectivity index (χ0v) is 11.9. The maximum Gasteiger partial charge on any atom is 0.359 e. The molecule has 0 aliphatic carbocycles. The van der Waals surface area contributed by atoms with Gasteiger partial charge < -0.3 is 0 Å². The number of hydrogen-bond donors (Lipinski definition) is 0. The van der Waals surface area contributed by atoms with Crippen molar-refractivity contribution >= 4 is 17.8 Å². The van der Waals surface area contributed by atoms with Crippen molar-refractivity contribution in [1.82, 2.24) is 9.96 Å². The first-order chi connectivity index (χ1) is 9.36. The molecule has 0 radical (unpaired) electrons. The second kappa shape index (κ2) is 5.05. The molecule has 6 nitrogen and oxygen atoms in total. The molecule has 1 aromatic carbocycles. The first kappa shape index (κ1) is 14.2. The minimum absolute atomic E-state index is 0.0706. The second-order valence-electron chi connectivity index (χ2n) is 4.83. The van der Waals surface area contributed by atoms with E-state index in [-0.39, 0.29) is 6.54 Å². The molecular formula is C14H16N2O4. The van der Waals surface area contributed by atoms with Crippen molar-refractivity contribution in [3.8, 4) is 0 Å². The summed E-state index contributed by atoms with van der Waals surface area (Å²) in [6.45, 7) is 5.87. The number of hydrogen-bond acceptors (Lipinski definition) is 4. The largest absolute Gasteiger partial charge is 0.359 e. The lowest BCUT2D eigenvalue weighted by molar-refractivity contribution is -0.160. The Bertz CT molecular complexity index is 586. The predicted molar refractivity (Wildman–Crippen MR) is 70.5 cm³/mol. The Morgan fingerprint density at radius 3 is 2.00 bits per heavy atom. The van der Waals surface area contributed by atoms with E-state index < -0.39 is 17.8 Å². The highest BCUT2D eigenvalue weighted by Gasteiger charge is 2.45. The monoisotopic (exact) mass is 276 g/mol. The average molecular weight is 276 g/mol. The first-order valence-corrected chi connectivity index (χ1v) is 6.17. The maximum atomic E-state index is 11.9. The van der Waals surface area contributed by atoms with E-state index in [9.17, 15) is 14.4 Å². The second-order valence-corrected chi connectivity index (χ2v) is 4.83. The SMILES string of the molecule is CON1C(=O)C(=O)N(Cc2c(C)cc(C)cc2C)C1=O. The molecule has 1 heterocycles. The summed E-state index contributed by atoms with van der Waals surface area (Å²) in [5.74, 6) is -1.82. The van der Waals surface area contributed by atoms with Gasteiger partial charge in [0.15, 0.2) is 0 Å². The molecule has 2 rings (SSSR count). The molecule has 0 atom stereocenters. The van der Waals surface area contributed by atoms with Crippen molar-refractivity contribution in [3.05, 3.63) is 34.4 Å². The number of imide groups is 2. The molecular weight excluding hydrogens is 260 g/mol. The Kier molecular flexibility index (Phi) is 3.59. The number of benzene rings is 1. The van der Waals surface area contributed by atoms with Crippen LogP contribution in [0.4, 0.5) is 4.79 Å². The fraction of sp³-hybridized carbons (Fsp3) is 0.357. The molecule has 1 aliphatic heterocycles. The lowest BCUT2D eigenvalue weighted by Crippen LogP contribution is -2.32. The van der Waals surface area contributed by atoms with Crippen LogP contribution < -0.4 is 0 Å². The van der Waals surface area contributed by atoms with Gasteiger partial charge in [0.2, 0.25) is 0 Å². The van der Waals surface area contributed by atoms with Crippen LogP contribution in [0.25, 0.3) is 0 Å². The Balaban J connectivity index is 2.34. The van der Waals surface area contributed by atoms with Crippen molar-refractivity contribution in [2.45, 2.75) is 27.3 Å². The standard InChI is InChI=1S/C14H16N2O4/c1-8-5-9(2)11(10(3)6-8)7-15-12(17)13(18)16(20-4)14(15)19/h5-6H,7H2,1-4H3. The van der Waals surface area contributed by atoms with E-state index in [1.165, 1.54) is 7.11 Å². The van der Waals surface area contributed by atoms with Crippen LogP contribution in [-0.4, -0.2) is 34.9 Å². The molecule has 0 aromatic heterocycles. The third-order valence-corrected chi connectivity index (χ3v) is 3.36. The van der Waals surface area contributed by atoms with Gasteiger partial charge in [-0.3, -0.25) is 14.4 Å². The summed E-state index contributed by atoms with van der Waals surface area (Å²) in [6.07, 6.45) is 0. The Morgan fingerprint density at radius 1 is 1.00 bits per heavy atom. The highest BCUT2D eigenvalue weighted by Crippen LogP contribution is 2.21. The summed E-state index contributed by atoms with van der Waals surface area (Å²) >= 11 is 0. The fourth-order valence-electron chi connectivity index (χ4n) is 2.40. The van der Waals surface area contributed by atoms with Gasteiger partial charge in [0.1, 0.15) is 0 Å². The van der Waals surface area contributed by atoms with Gasteiger partial charge >= 0.3 is 17.8 Å². The van der Waals surface area contributed by atoms with Gasteiger partial charge in [0, 0.05) is 0 Å². The van der Waals surface area contributed by atoms with Gasteiger partial charge in [-0.1, -0.05) is 17.7 Å². The summed E-state index contributed by atoms with van der Waals surface area (Å²) in [5.41, 5.74) is 3.93. The van der Waals surface area contributed by atoms with E-state index >= 15 is 0 Å². The molecule has 0 bridgehead atoms. The fourth-order valence-corrected chi connectivity index (χ4v) is 2.40. The van der Waals surface area contributed by atoms with Crippen LogP contribution in [0.1, 0.15) is 22.3 Å². The van der Waals surface area contributed by atoms with Crippen LogP contribution in [0.2, 0.25) is 0 Å². The van der Waals surface area contributed by atoms with Gasteiger partial charge in [-0.05, 0) is 37.5 Å². The number of aryl methyl sites for hydroxylation is 3. The first-order valence-electron chi connectivity index (χ1n) is 6.17. The predicted octanol–water partition coefficient (Wildman–Crippen LogP) is 1.46. The van der Waals surface area contributed by atoms with Crippen molar-refractivity contribution in [3.63, 3.8) is 0 Å². The highest BCUT2D eigenvalue weighted by atomic mass is 16.7. The van der Waals surface area contributed by atoms with Crippen LogP contribution in [0.15, 0.2) is 12.1 Å². The molecule has 4 amide bonds. The third-order valence-electron chi connectivity index (χ3n) is 3.36. The zero-order valence-electron chi connectivity index (χ0n) is 11.9. The molecule has 0 N–H and O–H groups in total. The smallest absolute Gasteiger partial charge is 0.265 e. The number of nitrogens with zero attached hydrogens (tertiary/aromatic N) is 2.